The topological polar surface area (TPSA) is 121 Å². The van der Waals surface area contributed by atoms with Gasteiger partial charge in [0.2, 0.25) is 0 Å². The molecule has 4 N–H and O–H groups in total. The maximum Gasteiger partial charge on any atom is 0.111 e. The summed E-state index contributed by atoms with van der Waals surface area (Å²) in [6.07, 6.45) is -3.71. The van der Waals surface area contributed by atoms with Crippen LogP contribution in [0.25, 0.3) is 0 Å². The molecule has 8 nitrogen and oxygen atoms in total. The fourth-order valence-electron chi connectivity index (χ4n) is 2.94. The summed E-state index contributed by atoms with van der Waals surface area (Å²) < 4.78 is 7.17. The SMILES string of the molecule is Cc1ccc(Cn2cc(C[C@@H]3O[C@H](CO)[C@@H](O)[C@H](O)[C@H]3O)nn2)cc1. The summed E-state index contributed by atoms with van der Waals surface area (Å²) in [5, 5.41) is 47.1. The monoisotopic (exact) mass is 349 g/mol. The molecule has 25 heavy (non-hydrogen) atoms. The number of benzene rings is 1. The summed E-state index contributed by atoms with van der Waals surface area (Å²) in [6.45, 7) is 2.15. The Hall–Kier alpha value is -1.84. The second-order valence-corrected chi connectivity index (χ2v) is 6.46. The van der Waals surface area contributed by atoms with Crippen molar-refractivity contribution >= 4 is 0 Å². The van der Waals surface area contributed by atoms with Gasteiger partial charge < -0.3 is 25.2 Å². The summed E-state index contributed by atoms with van der Waals surface area (Å²) in [7, 11) is 0. The van der Waals surface area contributed by atoms with Gasteiger partial charge in [0.15, 0.2) is 0 Å². The Bertz CT molecular complexity index is 688. The van der Waals surface area contributed by atoms with Gasteiger partial charge in [0.25, 0.3) is 0 Å². The molecule has 1 aliphatic heterocycles. The fraction of sp³-hybridized carbons (Fsp3) is 0.529. The van der Waals surface area contributed by atoms with Gasteiger partial charge >= 0.3 is 0 Å². The lowest BCUT2D eigenvalue weighted by Gasteiger charge is -2.39. The fourth-order valence-corrected chi connectivity index (χ4v) is 2.94. The Morgan fingerprint density at radius 1 is 1.04 bits per heavy atom. The Labute approximate surface area is 145 Å². The van der Waals surface area contributed by atoms with Gasteiger partial charge in [-0.25, -0.2) is 4.68 Å². The first-order valence-electron chi connectivity index (χ1n) is 8.23. The van der Waals surface area contributed by atoms with Crippen LogP contribution in [0.1, 0.15) is 16.8 Å². The normalized spacial score (nSPS) is 29.7. The summed E-state index contributed by atoms with van der Waals surface area (Å²) in [5.41, 5.74) is 2.87. The second kappa shape index (κ2) is 7.59. The van der Waals surface area contributed by atoms with Crippen LogP contribution >= 0.6 is 0 Å². The van der Waals surface area contributed by atoms with Crippen molar-refractivity contribution in [1.82, 2.24) is 15.0 Å². The highest BCUT2D eigenvalue weighted by molar-refractivity contribution is 5.21. The van der Waals surface area contributed by atoms with Gasteiger partial charge in [-0.05, 0) is 12.5 Å². The Morgan fingerprint density at radius 3 is 2.40 bits per heavy atom. The highest BCUT2D eigenvalue weighted by Gasteiger charge is 2.43. The molecular weight excluding hydrogens is 326 g/mol. The maximum atomic E-state index is 10.1. The van der Waals surface area contributed by atoms with E-state index in [1.807, 2.05) is 31.2 Å². The van der Waals surface area contributed by atoms with E-state index in [0.717, 1.165) is 5.56 Å². The lowest BCUT2D eigenvalue weighted by molar-refractivity contribution is -0.228. The summed E-state index contributed by atoms with van der Waals surface area (Å²) in [4.78, 5) is 0. The van der Waals surface area contributed by atoms with Crippen LogP contribution in [0.2, 0.25) is 0 Å². The summed E-state index contributed by atoms with van der Waals surface area (Å²) >= 11 is 0. The molecule has 0 amide bonds. The average Bonchev–Trinajstić information content (AvgIpc) is 3.04. The zero-order chi connectivity index (χ0) is 18.0. The molecule has 1 fully saturated rings. The van der Waals surface area contributed by atoms with Gasteiger partial charge in [0.05, 0.1) is 24.9 Å². The zero-order valence-electron chi connectivity index (χ0n) is 13.9. The van der Waals surface area contributed by atoms with Gasteiger partial charge in [-0.2, -0.15) is 0 Å². The van der Waals surface area contributed by atoms with Crippen LogP contribution in [0.15, 0.2) is 30.5 Å². The number of ether oxygens (including phenoxy) is 1. The van der Waals surface area contributed by atoms with E-state index < -0.39 is 37.1 Å². The molecule has 1 aromatic heterocycles. The van der Waals surface area contributed by atoms with Gasteiger partial charge in [-0.15, -0.1) is 5.10 Å². The molecule has 0 unspecified atom stereocenters. The van der Waals surface area contributed by atoms with Crippen molar-refractivity contribution in [3.8, 4) is 0 Å². The minimum Gasteiger partial charge on any atom is -0.394 e. The number of hydrogen-bond donors (Lipinski definition) is 4. The number of hydrogen-bond acceptors (Lipinski definition) is 7. The van der Waals surface area contributed by atoms with Crippen LogP contribution in [-0.2, 0) is 17.7 Å². The number of nitrogens with zero attached hydrogens (tertiary/aromatic N) is 3. The van der Waals surface area contributed by atoms with E-state index >= 15 is 0 Å². The Morgan fingerprint density at radius 2 is 1.72 bits per heavy atom. The smallest absolute Gasteiger partial charge is 0.111 e. The number of rotatable bonds is 5. The van der Waals surface area contributed by atoms with Gasteiger partial charge in [-0.1, -0.05) is 35.0 Å². The second-order valence-electron chi connectivity index (χ2n) is 6.46. The third-order valence-corrected chi connectivity index (χ3v) is 4.45. The first-order valence-corrected chi connectivity index (χ1v) is 8.23. The van der Waals surface area contributed by atoms with Crippen LogP contribution in [-0.4, -0.2) is 72.5 Å². The highest BCUT2D eigenvalue weighted by atomic mass is 16.5. The predicted molar refractivity (Wildman–Crippen MR) is 87.8 cm³/mol. The molecule has 0 aliphatic carbocycles. The molecule has 1 aliphatic rings. The third kappa shape index (κ3) is 4.05. The zero-order valence-corrected chi connectivity index (χ0v) is 13.9. The van der Waals surface area contributed by atoms with Crippen molar-refractivity contribution in [1.29, 1.82) is 0 Å². The van der Waals surface area contributed by atoms with Crippen molar-refractivity contribution in [3.63, 3.8) is 0 Å². The molecule has 0 spiro atoms. The van der Waals surface area contributed by atoms with E-state index in [2.05, 4.69) is 10.3 Å². The third-order valence-electron chi connectivity index (χ3n) is 4.45. The number of aryl methyl sites for hydroxylation is 1. The van der Waals surface area contributed by atoms with E-state index in [1.54, 1.807) is 10.9 Å². The number of aliphatic hydroxyl groups excluding tert-OH is 4. The molecule has 0 radical (unpaired) electrons. The maximum absolute atomic E-state index is 10.1. The van der Waals surface area contributed by atoms with E-state index in [4.69, 9.17) is 4.74 Å². The van der Waals surface area contributed by atoms with Crippen molar-refractivity contribution in [3.05, 3.63) is 47.3 Å². The van der Waals surface area contributed by atoms with E-state index in [-0.39, 0.29) is 6.42 Å². The predicted octanol–water partition coefficient (Wildman–Crippen LogP) is -0.980. The van der Waals surface area contributed by atoms with Gasteiger partial charge in [0, 0.05) is 12.6 Å². The molecule has 3 rings (SSSR count). The summed E-state index contributed by atoms with van der Waals surface area (Å²) in [6, 6.07) is 8.10. The van der Waals surface area contributed by atoms with Crippen LogP contribution in [0.4, 0.5) is 0 Å². The van der Waals surface area contributed by atoms with Gasteiger partial charge in [-0.3, -0.25) is 0 Å². The molecule has 2 heterocycles. The lowest BCUT2D eigenvalue weighted by atomic mass is 9.93. The Balaban J connectivity index is 1.65. The lowest BCUT2D eigenvalue weighted by Crippen LogP contribution is -2.59. The molecule has 2 aromatic rings. The van der Waals surface area contributed by atoms with Crippen molar-refractivity contribution in [2.24, 2.45) is 0 Å². The average molecular weight is 349 g/mol. The minimum atomic E-state index is -1.38. The molecule has 5 atom stereocenters. The highest BCUT2D eigenvalue weighted by Crippen LogP contribution is 2.23. The van der Waals surface area contributed by atoms with Gasteiger partial charge in [0.1, 0.15) is 24.4 Å². The van der Waals surface area contributed by atoms with Crippen molar-refractivity contribution in [2.45, 2.75) is 50.4 Å². The molecule has 136 valence electrons. The quantitative estimate of drug-likeness (QED) is 0.547. The molecule has 8 heteroatoms. The first kappa shape index (κ1) is 18.0. The molecule has 1 saturated heterocycles. The van der Waals surface area contributed by atoms with E-state index in [0.29, 0.717) is 12.2 Å². The number of aliphatic hydroxyl groups is 4. The molecular formula is C17H23N3O5. The Kier molecular flexibility index (Phi) is 5.45. The molecule has 0 bridgehead atoms. The minimum absolute atomic E-state index is 0.218. The standard InChI is InChI=1S/C17H23N3O5/c1-10-2-4-11(5-3-10)7-20-8-12(18-19-20)6-13-15(22)17(24)16(23)14(9-21)25-13/h2-5,8,13-17,21-24H,6-7,9H2,1H3/t13-,14+,15-,16+,17+/m0/s1. The largest absolute Gasteiger partial charge is 0.394 e. The van der Waals surface area contributed by atoms with Crippen LogP contribution < -0.4 is 0 Å². The van der Waals surface area contributed by atoms with E-state index in [1.165, 1.54) is 5.56 Å². The van der Waals surface area contributed by atoms with Crippen LogP contribution in [0, 0.1) is 6.92 Å². The van der Waals surface area contributed by atoms with Crippen molar-refractivity contribution < 1.29 is 25.2 Å². The summed E-state index contributed by atoms with van der Waals surface area (Å²) in [5.74, 6) is 0. The number of aromatic nitrogens is 3. The van der Waals surface area contributed by atoms with Crippen LogP contribution in [0.5, 0.6) is 0 Å². The van der Waals surface area contributed by atoms with E-state index in [9.17, 15) is 20.4 Å². The van der Waals surface area contributed by atoms with Crippen molar-refractivity contribution in [2.75, 3.05) is 6.61 Å². The molecule has 0 saturated carbocycles. The first-order chi connectivity index (χ1) is 12.0. The molecule has 1 aromatic carbocycles. The van der Waals surface area contributed by atoms with Crippen LogP contribution in [0.3, 0.4) is 0 Å².